The highest BCUT2D eigenvalue weighted by molar-refractivity contribution is 5.95. The first-order chi connectivity index (χ1) is 20.4. The minimum absolute atomic E-state index is 0.122. The second-order valence-corrected chi connectivity index (χ2v) is 12.7. The van der Waals surface area contributed by atoms with Crippen molar-refractivity contribution in [1.29, 1.82) is 0 Å². The van der Waals surface area contributed by atoms with Gasteiger partial charge in [-0.15, -0.1) is 10.2 Å². The molecule has 0 atom stereocenters. The Morgan fingerprint density at radius 2 is 1.64 bits per heavy atom. The average Bonchev–Trinajstić information content (AvgIpc) is 3.66. The van der Waals surface area contributed by atoms with Gasteiger partial charge in [0.05, 0.1) is 11.2 Å². The van der Waals surface area contributed by atoms with Gasteiger partial charge >= 0.3 is 0 Å². The minimum Gasteiger partial charge on any atom is -0.339 e. The van der Waals surface area contributed by atoms with E-state index in [1.807, 2.05) is 16.8 Å². The number of nitrogens with zero attached hydrogens (tertiary/aromatic N) is 6. The van der Waals surface area contributed by atoms with Gasteiger partial charge in [0.25, 0.3) is 5.91 Å². The summed E-state index contributed by atoms with van der Waals surface area (Å²) in [5.41, 5.74) is 6.03. The van der Waals surface area contributed by atoms with Crippen LogP contribution in [0.25, 0.3) is 28.2 Å². The zero-order valence-electron chi connectivity index (χ0n) is 25.9. The summed E-state index contributed by atoms with van der Waals surface area (Å²) >= 11 is 0. The molecule has 8 nitrogen and oxygen atoms in total. The number of pyridine rings is 1. The molecule has 3 aromatic heterocycles. The lowest BCUT2D eigenvalue weighted by Gasteiger charge is -2.26. The molecule has 4 aromatic rings. The number of hydrogen-bond acceptors (Lipinski definition) is 5. The largest absolute Gasteiger partial charge is 0.339 e. The summed E-state index contributed by atoms with van der Waals surface area (Å²) in [6, 6.07) is 12.4. The van der Waals surface area contributed by atoms with E-state index in [2.05, 4.69) is 83.0 Å². The van der Waals surface area contributed by atoms with Crippen molar-refractivity contribution in [1.82, 2.24) is 34.6 Å². The molecule has 0 radical (unpaired) electrons. The molecule has 0 aliphatic carbocycles. The van der Waals surface area contributed by atoms with E-state index < -0.39 is 0 Å². The summed E-state index contributed by atoms with van der Waals surface area (Å²) in [5.74, 6) is 1.99. The van der Waals surface area contributed by atoms with Crippen molar-refractivity contribution in [3.05, 3.63) is 60.0 Å². The van der Waals surface area contributed by atoms with Gasteiger partial charge in [0.1, 0.15) is 6.33 Å². The van der Waals surface area contributed by atoms with Crippen LogP contribution in [0.2, 0.25) is 0 Å². The lowest BCUT2D eigenvalue weighted by Crippen LogP contribution is -2.34. The summed E-state index contributed by atoms with van der Waals surface area (Å²) in [6.45, 7) is 14.0. The van der Waals surface area contributed by atoms with E-state index in [1.165, 1.54) is 37.9 Å². The fourth-order valence-electron chi connectivity index (χ4n) is 5.83. The third-order valence-electron chi connectivity index (χ3n) is 8.42. The fourth-order valence-corrected chi connectivity index (χ4v) is 5.83. The van der Waals surface area contributed by atoms with E-state index in [4.69, 9.17) is 5.10 Å². The molecule has 224 valence electrons. The van der Waals surface area contributed by atoms with Gasteiger partial charge in [-0.3, -0.25) is 4.79 Å². The van der Waals surface area contributed by atoms with E-state index in [1.54, 1.807) is 6.33 Å². The maximum Gasteiger partial charge on any atom is 0.253 e. The van der Waals surface area contributed by atoms with E-state index in [0.717, 1.165) is 79.0 Å². The van der Waals surface area contributed by atoms with Crippen LogP contribution in [-0.2, 0) is 6.42 Å². The van der Waals surface area contributed by atoms with Crippen LogP contribution in [0.5, 0.6) is 0 Å². The van der Waals surface area contributed by atoms with E-state index in [-0.39, 0.29) is 5.91 Å². The summed E-state index contributed by atoms with van der Waals surface area (Å²) in [5, 5.41) is 13.1. The summed E-state index contributed by atoms with van der Waals surface area (Å²) in [7, 11) is 0. The van der Waals surface area contributed by atoms with Crippen LogP contribution in [0.4, 0.5) is 0 Å². The number of H-pyrrole nitrogens is 1. The molecule has 8 heteroatoms. The van der Waals surface area contributed by atoms with Crippen molar-refractivity contribution in [3.63, 3.8) is 0 Å². The van der Waals surface area contributed by atoms with Crippen molar-refractivity contribution < 1.29 is 4.79 Å². The fraction of sp³-hybridized carbons (Fsp3) is 0.529. The standard InChI is InChI=1S/C34H47N7O/c1-25(2)14-20-40(21-15-26(3)4)34(42)29-16-22-41-31(23-29)30(9-8-19-39-17-6-5-7-18-39)32(38-41)27-10-12-28(13-11-27)33-35-24-36-37-33/h10-13,16,22-26H,5-9,14-15,17-21H2,1-4H3,(H,35,36,37). The third kappa shape index (κ3) is 7.46. The molecular formula is C34H47N7O. The Bertz CT molecular complexity index is 1400. The van der Waals surface area contributed by atoms with Crippen LogP contribution in [0.3, 0.4) is 0 Å². The molecule has 0 spiro atoms. The molecule has 4 heterocycles. The van der Waals surface area contributed by atoms with Gasteiger partial charge in [0.2, 0.25) is 0 Å². The van der Waals surface area contributed by atoms with Gasteiger partial charge in [-0.2, -0.15) is 5.10 Å². The van der Waals surface area contributed by atoms with Crippen molar-refractivity contribution in [2.75, 3.05) is 32.7 Å². The van der Waals surface area contributed by atoms with Crippen molar-refractivity contribution in [2.45, 2.75) is 72.6 Å². The number of likely N-dealkylation sites (tertiary alicyclic amines) is 1. The first kappa shape index (κ1) is 30.0. The molecule has 0 bridgehead atoms. The molecule has 1 fully saturated rings. The van der Waals surface area contributed by atoms with Crippen LogP contribution in [0, 0.1) is 11.8 Å². The molecule has 0 saturated carbocycles. The number of rotatable bonds is 13. The van der Waals surface area contributed by atoms with Gasteiger partial charge in [-0.05, 0) is 82.1 Å². The number of fused-ring (bicyclic) bond motifs is 1. The Balaban J connectivity index is 1.45. The highest BCUT2D eigenvalue weighted by atomic mass is 16.2. The Morgan fingerprint density at radius 1 is 0.952 bits per heavy atom. The zero-order chi connectivity index (χ0) is 29.5. The van der Waals surface area contributed by atoms with Gasteiger partial charge in [-0.1, -0.05) is 58.4 Å². The number of aryl methyl sites for hydroxylation is 1. The topological polar surface area (TPSA) is 82.4 Å². The average molecular weight is 570 g/mol. The van der Waals surface area contributed by atoms with Crippen LogP contribution >= 0.6 is 0 Å². The minimum atomic E-state index is 0.122. The number of benzene rings is 1. The monoisotopic (exact) mass is 569 g/mol. The van der Waals surface area contributed by atoms with E-state index in [9.17, 15) is 4.79 Å². The molecule has 1 aliphatic heterocycles. The molecule has 5 rings (SSSR count). The molecule has 0 unspecified atom stereocenters. The number of hydrogen-bond donors (Lipinski definition) is 1. The van der Waals surface area contributed by atoms with Crippen molar-refractivity contribution in [3.8, 4) is 22.6 Å². The Kier molecular flexibility index (Phi) is 10.1. The quantitative estimate of drug-likeness (QED) is 0.193. The van der Waals surface area contributed by atoms with Gasteiger partial charge in [0, 0.05) is 41.5 Å². The Labute approximate surface area is 250 Å². The summed E-state index contributed by atoms with van der Waals surface area (Å²) in [6.07, 6.45) is 11.5. The first-order valence-electron chi connectivity index (χ1n) is 15.9. The predicted molar refractivity (Wildman–Crippen MR) is 169 cm³/mol. The van der Waals surface area contributed by atoms with Crippen LogP contribution in [-0.4, -0.2) is 73.2 Å². The molecule has 1 amide bonds. The van der Waals surface area contributed by atoms with Crippen LogP contribution in [0.1, 0.15) is 82.1 Å². The smallest absolute Gasteiger partial charge is 0.253 e. The Hall–Kier alpha value is -3.52. The third-order valence-corrected chi connectivity index (χ3v) is 8.42. The van der Waals surface area contributed by atoms with Gasteiger partial charge < -0.3 is 14.8 Å². The van der Waals surface area contributed by atoms with E-state index in [0.29, 0.717) is 11.8 Å². The second kappa shape index (κ2) is 14.1. The maximum atomic E-state index is 13.8. The number of aromatic amines is 1. The van der Waals surface area contributed by atoms with E-state index >= 15 is 0 Å². The number of carbonyl (C=O) groups is 1. The number of nitrogens with one attached hydrogen (secondary N) is 1. The highest BCUT2D eigenvalue weighted by Gasteiger charge is 2.21. The molecule has 1 N–H and O–H groups in total. The second-order valence-electron chi connectivity index (χ2n) is 12.7. The highest BCUT2D eigenvalue weighted by Crippen LogP contribution is 2.30. The summed E-state index contributed by atoms with van der Waals surface area (Å²) < 4.78 is 1.96. The molecule has 42 heavy (non-hydrogen) atoms. The Morgan fingerprint density at radius 3 is 2.29 bits per heavy atom. The van der Waals surface area contributed by atoms with Gasteiger partial charge in [-0.25, -0.2) is 4.52 Å². The normalized spacial score (nSPS) is 14.3. The lowest BCUT2D eigenvalue weighted by molar-refractivity contribution is 0.0741. The van der Waals surface area contributed by atoms with Crippen LogP contribution < -0.4 is 0 Å². The lowest BCUT2D eigenvalue weighted by atomic mass is 10.00. The number of carbonyl (C=O) groups excluding carboxylic acids is 1. The first-order valence-corrected chi connectivity index (χ1v) is 15.9. The number of piperidine rings is 1. The molecule has 1 saturated heterocycles. The summed E-state index contributed by atoms with van der Waals surface area (Å²) in [4.78, 5) is 21.6. The molecule has 1 aliphatic rings. The number of amides is 1. The van der Waals surface area contributed by atoms with Crippen LogP contribution in [0.15, 0.2) is 48.9 Å². The van der Waals surface area contributed by atoms with Crippen molar-refractivity contribution in [2.24, 2.45) is 11.8 Å². The SMILES string of the molecule is CC(C)CCN(CCC(C)C)C(=O)c1ccn2nc(-c3ccc(-c4nnc[nH]4)cc3)c(CCCN3CCCCC3)c2c1. The zero-order valence-corrected chi connectivity index (χ0v) is 25.9. The predicted octanol–water partition coefficient (Wildman–Crippen LogP) is 6.74. The van der Waals surface area contributed by atoms with Crippen molar-refractivity contribution >= 4 is 11.4 Å². The molecule has 1 aromatic carbocycles. The van der Waals surface area contributed by atoms with Gasteiger partial charge in [0.15, 0.2) is 5.82 Å². The molecular weight excluding hydrogens is 522 g/mol. The maximum absolute atomic E-state index is 13.8. The number of aromatic nitrogens is 5.